The molecule has 0 heterocycles. The average molecular weight is 284 g/mol. The van der Waals surface area contributed by atoms with Crippen molar-refractivity contribution in [3.8, 4) is 11.5 Å². The number of carbonyl (C=O) groups is 2. The van der Waals surface area contributed by atoms with Crippen LogP contribution in [0.25, 0.3) is 0 Å². The fourth-order valence-corrected chi connectivity index (χ4v) is 1.60. The normalized spacial score (nSPS) is 9.58. The van der Waals surface area contributed by atoms with E-state index in [-0.39, 0.29) is 23.3 Å². The molecule has 0 atom stereocenters. The Hall–Kier alpha value is -2.01. The first-order valence-corrected chi connectivity index (χ1v) is 5.83. The fraction of sp³-hybridized carbons (Fsp3) is 0.231. The van der Waals surface area contributed by atoms with Crippen LogP contribution in [0.1, 0.15) is 10.4 Å². The Morgan fingerprint density at radius 2 is 2.26 bits per heavy atom. The molecular weight excluding hydrogens is 270 g/mol. The summed E-state index contributed by atoms with van der Waals surface area (Å²) in [7, 11) is 1.42. The van der Waals surface area contributed by atoms with Crippen molar-refractivity contribution in [1.82, 2.24) is 5.32 Å². The first-order valence-electron chi connectivity index (χ1n) is 5.45. The number of halogens is 1. The molecule has 0 saturated heterocycles. The molecular formula is C13H14ClNO4. The van der Waals surface area contributed by atoms with Gasteiger partial charge in [-0.1, -0.05) is 17.7 Å². The second-order valence-electron chi connectivity index (χ2n) is 3.53. The van der Waals surface area contributed by atoms with Crippen molar-refractivity contribution in [3.63, 3.8) is 0 Å². The van der Waals surface area contributed by atoms with Crippen LogP contribution in [-0.4, -0.2) is 32.5 Å². The maximum Gasteiger partial charge on any atom is 0.258 e. The minimum atomic E-state index is -0.308. The molecule has 1 aromatic rings. The molecule has 1 N–H and O–H groups in total. The van der Waals surface area contributed by atoms with Crippen LogP contribution in [0.15, 0.2) is 24.8 Å². The van der Waals surface area contributed by atoms with Gasteiger partial charge in [0.25, 0.3) is 5.91 Å². The van der Waals surface area contributed by atoms with E-state index in [9.17, 15) is 9.59 Å². The summed E-state index contributed by atoms with van der Waals surface area (Å²) in [6, 6.07) is 2.92. The van der Waals surface area contributed by atoms with Gasteiger partial charge >= 0.3 is 0 Å². The molecule has 1 rings (SSSR count). The van der Waals surface area contributed by atoms with Crippen molar-refractivity contribution in [3.05, 3.63) is 35.4 Å². The molecule has 0 aliphatic heterocycles. The van der Waals surface area contributed by atoms with Crippen molar-refractivity contribution in [1.29, 1.82) is 0 Å². The molecule has 5 nitrogen and oxygen atoms in total. The van der Waals surface area contributed by atoms with Crippen LogP contribution >= 0.6 is 11.6 Å². The maximum absolute atomic E-state index is 11.4. The first kappa shape index (κ1) is 15.0. The number of rotatable bonds is 7. The summed E-state index contributed by atoms with van der Waals surface area (Å²) in [5.41, 5.74) is 0.366. The zero-order chi connectivity index (χ0) is 14.3. The Labute approximate surface area is 116 Å². The van der Waals surface area contributed by atoms with E-state index in [0.717, 1.165) is 0 Å². The lowest BCUT2D eigenvalue weighted by Gasteiger charge is -2.12. The van der Waals surface area contributed by atoms with Gasteiger partial charge in [-0.25, -0.2) is 0 Å². The van der Waals surface area contributed by atoms with Crippen LogP contribution in [0.3, 0.4) is 0 Å². The standard InChI is InChI=1S/C13H14ClNO4/c1-3-4-15-12(17)8-19-13-10(14)5-9(7-16)6-11(13)18-2/h3,5-7H,1,4,8H2,2H3,(H,15,17). The van der Waals surface area contributed by atoms with E-state index >= 15 is 0 Å². The predicted molar refractivity (Wildman–Crippen MR) is 72.1 cm³/mol. The van der Waals surface area contributed by atoms with Crippen LogP contribution in [0, 0.1) is 0 Å². The Morgan fingerprint density at radius 1 is 1.53 bits per heavy atom. The maximum atomic E-state index is 11.4. The largest absolute Gasteiger partial charge is 0.493 e. The van der Waals surface area contributed by atoms with Crippen LogP contribution in [0.5, 0.6) is 11.5 Å². The molecule has 19 heavy (non-hydrogen) atoms. The summed E-state index contributed by atoms with van der Waals surface area (Å²) < 4.78 is 10.4. The fourth-order valence-electron chi connectivity index (χ4n) is 1.32. The van der Waals surface area contributed by atoms with Gasteiger partial charge in [-0.2, -0.15) is 0 Å². The number of hydrogen-bond donors (Lipinski definition) is 1. The van der Waals surface area contributed by atoms with Crippen molar-refractivity contribution in [2.45, 2.75) is 0 Å². The number of aldehydes is 1. The monoisotopic (exact) mass is 283 g/mol. The SMILES string of the molecule is C=CCNC(=O)COc1c(Cl)cc(C=O)cc1OC. The highest BCUT2D eigenvalue weighted by atomic mass is 35.5. The zero-order valence-electron chi connectivity index (χ0n) is 10.4. The number of ether oxygens (including phenoxy) is 2. The highest BCUT2D eigenvalue weighted by molar-refractivity contribution is 6.32. The van der Waals surface area contributed by atoms with Crippen LogP contribution in [0.2, 0.25) is 5.02 Å². The number of carbonyl (C=O) groups excluding carboxylic acids is 2. The van der Waals surface area contributed by atoms with E-state index in [4.69, 9.17) is 21.1 Å². The second kappa shape index (κ2) is 7.43. The molecule has 1 amide bonds. The van der Waals surface area contributed by atoms with Gasteiger partial charge in [0.2, 0.25) is 0 Å². The topological polar surface area (TPSA) is 64.6 Å². The van der Waals surface area contributed by atoms with E-state index < -0.39 is 0 Å². The van der Waals surface area contributed by atoms with Gasteiger partial charge in [0, 0.05) is 12.1 Å². The summed E-state index contributed by atoms with van der Waals surface area (Å²) in [5.74, 6) is 0.215. The molecule has 0 spiro atoms. The predicted octanol–water partition coefficient (Wildman–Crippen LogP) is 1.84. The number of amides is 1. The Kier molecular flexibility index (Phi) is 5.89. The van der Waals surface area contributed by atoms with Gasteiger partial charge in [-0.05, 0) is 12.1 Å². The third-order valence-electron chi connectivity index (χ3n) is 2.18. The summed E-state index contributed by atoms with van der Waals surface area (Å²) in [5, 5.41) is 2.77. The lowest BCUT2D eigenvalue weighted by molar-refractivity contribution is -0.122. The molecule has 6 heteroatoms. The first-order chi connectivity index (χ1) is 9.12. The van der Waals surface area contributed by atoms with Crippen molar-refractivity contribution in [2.24, 2.45) is 0 Å². The molecule has 0 unspecified atom stereocenters. The van der Waals surface area contributed by atoms with E-state index in [2.05, 4.69) is 11.9 Å². The van der Waals surface area contributed by atoms with E-state index in [0.29, 0.717) is 24.1 Å². The molecule has 0 saturated carbocycles. The van der Waals surface area contributed by atoms with Gasteiger partial charge in [-0.3, -0.25) is 9.59 Å². The number of hydrogen-bond acceptors (Lipinski definition) is 4. The third kappa shape index (κ3) is 4.30. The van der Waals surface area contributed by atoms with Gasteiger partial charge < -0.3 is 14.8 Å². The third-order valence-corrected chi connectivity index (χ3v) is 2.46. The van der Waals surface area contributed by atoms with Gasteiger partial charge in [0.05, 0.1) is 12.1 Å². The van der Waals surface area contributed by atoms with E-state index in [1.807, 2.05) is 0 Å². The highest BCUT2D eigenvalue weighted by Crippen LogP contribution is 2.35. The van der Waals surface area contributed by atoms with Gasteiger partial charge in [0.1, 0.15) is 6.29 Å². The van der Waals surface area contributed by atoms with Gasteiger partial charge in [-0.15, -0.1) is 6.58 Å². The van der Waals surface area contributed by atoms with Crippen molar-refractivity contribution < 1.29 is 19.1 Å². The van der Waals surface area contributed by atoms with Crippen molar-refractivity contribution in [2.75, 3.05) is 20.3 Å². The molecule has 0 bridgehead atoms. The number of benzene rings is 1. The average Bonchev–Trinajstić information content (AvgIpc) is 2.42. The second-order valence-corrected chi connectivity index (χ2v) is 3.94. The molecule has 102 valence electrons. The van der Waals surface area contributed by atoms with Crippen LogP contribution < -0.4 is 14.8 Å². The Morgan fingerprint density at radius 3 is 2.84 bits per heavy atom. The Balaban J connectivity index is 2.80. The summed E-state index contributed by atoms with van der Waals surface area (Å²) in [6.07, 6.45) is 2.21. The molecule has 0 aliphatic carbocycles. The quantitative estimate of drug-likeness (QED) is 0.613. The lowest BCUT2D eigenvalue weighted by atomic mass is 10.2. The summed E-state index contributed by atoms with van der Waals surface area (Å²) >= 11 is 5.97. The van der Waals surface area contributed by atoms with Crippen molar-refractivity contribution >= 4 is 23.8 Å². The van der Waals surface area contributed by atoms with Crippen LogP contribution in [-0.2, 0) is 4.79 Å². The molecule has 0 fully saturated rings. The Bertz CT molecular complexity index is 488. The van der Waals surface area contributed by atoms with E-state index in [1.165, 1.54) is 19.2 Å². The minimum Gasteiger partial charge on any atom is -0.493 e. The molecule has 0 radical (unpaired) electrons. The minimum absolute atomic E-state index is 0.204. The molecule has 0 aromatic heterocycles. The summed E-state index contributed by atoms with van der Waals surface area (Å²) in [6.45, 7) is 3.64. The zero-order valence-corrected chi connectivity index (χ0v) is 11.2. The molecule has 1 aromatic carbocycles. The van der Waals surface area contributed by atoms with Crippen LogP contribution in [0.4, 0.5) is 0 Å². The lowest BCUT2D eigenvalue weighted by Crippen LogP contribution is -2.28. The smallest absolute Gasteiger partial charge is 0.258 e. The number of methoxy groups -OCH3 is 1. The highest BCUT2D eigenvalue weighted by Gasteiger charge is 2.13. The van der Waals surface area contributed by atoms with Gasteiger partial charge in [0.15, 0.2) is 18.1 Å². The van der Waals surface area contributed by atoms with E-state index in [1.54, 1.807) is 6.08 Å². The molecule has 0 aliphatic rings. The number of nitrogens with one attached hydrogen (secondary N) is 1. The summed E-state index contributed by atoms with van der Waals surface area (Å²) in [4.78, 5) is 22.1.